The summed E-state index contributed by atoms with van der Waals surface area (Å²) in [7, 11) is 0. The second kappa shape index (κ2) is 11.2. The second-order valence-corrected chi connectivity index (χ2v) is 11.7. The van der Waals surface area contributed by atoms with Gasteiger partial charge in [-0.15, -0.1) is 0 Å². The minimum absolute atomic E-state index is 0.112. The van der Waals surface area contributed by atoms with Crippen molar-refractivity contribution < 1.29 is 4.24 Å². The van der Waals surface area contributed by atoms with Crippen LogP contribution in [0.15, 0.2) is 115 Å². The van der Waals surface area contributed by atoms with Gasteiger partial charge in [-0.3, -0.25) is 0 Å². The molecule has 1 N–H and O–H groups in total. The number of nitrogens with zero attached hydrogens (tertiary/aromatic N) is 1. The number of para-hydroxylation sites is 1. The van der Waals surface area contributed by atoms with Crippen molar-refractivity contribution in [3.05, 3.63) is 161 Å². The van der Waals surface area contributed by atoms with E-state index in [0.29, 0.717) is 11.8 Å². The molecule has 0 aliphatic heterocycles. The fraction of sp³-hybridized carbons (Fsp3) is 0.205. The van der Waals surface area contributed by atoms with E-state index in [9.17, 15) is 0 Å². The Balaban J connectivity index is 1.63. The molecule has 204 valence electrons. The van der Waals surface area contributed by atoms with Crippen LogP contribution in [0.5, 0.6) is 0 Å². The summed E-state index contributed by atoms with van der Waals surface area (Å²) in [5, 5.41) is 7.71. The minimum Gasteiger partial charge on any atom is -0.369 e. The number of benzene rings is 4. The van der Waals surface area contributed by atoms with Gasteiger partial charge in [0, 0.05) is 17.8 Å². The fourth-order valence-electron chi connectivity index (χ4n) is 6.30. The topological polar surface area (TPSA) is 17.9 Å². The molecule has 1 aromatic heterocycles. The zero-order chi connectivity index (χ0) is 28.5. The molecule has 0 spiro atoms. The van der Waals surface area contributed by atoms with Gasteiger partial charge >= 0.3 is 0 Å². The third kappa shape index (κ3) is 5.00. The molecule has 2 nitrogen and oxygen atoms in total. The molecule has 5 aromatic rings. The molecule has 0 bridgehead atoms. The Morgan fingerprint density at radius 1 is 0.683 bits per heavy atom. The SMILES string of the molecule is C=[n+]1c(C(Nc2c(C(C)C)cccc2C(C)C)c2cccc3ccccc23)ccc/c1=C1/C=CCc2ccccc21. The Hall–Kier alpha value is -4.43. The third-order valence-corrected chi connectivity index (χ3v) is 8.42. The van der Waals surface area contributed by atoms with E-state index in [0.717, 1.165) is 17.5 Å². The van der Waals surface area contributed by atoms with E-state index in [1.54, 1.807) is 0 Å². The molecule has 1 aliphatic rings. The first-order chi connectivity index (χ1) is 19.9. The highest BCUT2D eigenvalue weighted by Gasteiger charge is 2.27. The van der Waals surface area contributed by atoms with Gasteiger partial charge in [-0.1, -0.05) is 125 Å². The fourth-order valence-corrected chi connectivity index (χ4v) is 6.30. The molecule has 0 radical (unpaired) electrons. The summed E-state index contributed by atoms with van der Waals surface area (Å²) in [6.07, 6.45) is 5.48. The van der Waals surface area contributed by atoms with Gasteiger partial charge in [0.25, 0.3) is 0 Å². The second-order valence-electron chi connectivity index (χ2n) is 11.7. The first-order valence-electron chi connectivity index (χ1n) is 14.8. The molecule has 41 heavy (non-hydrogen) atoms. The Morgan fingerprint density at radius 3 is 2.10 bits per heavy atom. The zero-order valence-corrected chi connectivity index (χ0v) is 24.6. The molecule has 4 aromatic carbocycles. The molecule has 1 heterocycles. The number of allylic oxidation sites excluding steroid dienone is 2. The van der Waals surface area contributed by atoms with Crippen molar-refractivity contribution in [2.24, 2.45) is 0 Å². The van der Waals surface area contributed by atoms with Crippen molar-refractivity contribution in [3.63, 3.8) is 0 Å². The van der Waals surface area contributed by atoms with Crippen LogP contribution in [0.2, 0.25) is 0 Å². The predicted molar refractivity (Wildman–Crippen MR) is 173 cm³/mol. The van der Waals surface area contributed by atoms with Crippen LogP contribution >= 0.6 is 0 Å². The van der Waals surface area contributed by atoms with E-state index in [1.807, 2.05) is 0 Å². The lowest BCUT2D eigenvalue weighted by molar-refractivity contribution is -0.524. The third-order valence-electron chi connectivity index (χ3n) is 8.42. The Kier molecular flexibility index (Phi) is 7.32. The van der Waals surface area contributed by atoms with Gasteiger partial charge in [-0.25, -0.2) is 0 Å². The normalized spacial score (nSPS) is 14.9. The summed E-state index contributed by atoms with van der Waals surface area (Å²) in [4.78, 5) is 0. The largest absolute Gasteiger partial charge is 0.369 e. The lowest BCUT2D eigenvalue weighted by Gasteiger charge is -2.26. The number of hydrogen-bond acceptors (Lipinski definition) is 1. The molecular formula is C39H39N2+. The maximum Gasteiger partial charge on any atom is 0.218 e. The van der Waals surface area contributed by atoms with E-state index >= 15 is 0 Å². The molecule has 0 fully saturated rings. The number of fused-ring (bicyclic) bond motifs is 2. The standard InChI is InChI=1S/C39H39N2/c1-26(2)30-20-12-21-31(27(3)4)38(30)40-39(35-23-11-17-29-15-7-9-19-33(29)35)37-25-13-24-36(41(37)5)34-22-10-16-28-14-6-8-18-32(28)34/h6-15,17-27,39-40H,5,16H2,1-4H3/q+1/b36-34+. The number of aromatic nitrogens is 1. The van der Waals surface area contributed by atoms with Gasteiger partial charge in [-0.05, 0) is 62.9 Å². The van der Waals surface area contributed by atoms with Gasteiger partial charge in [0.2, 0.25) is 11.0 Å². The highest BCUT2D eigenvalue weighted by molar-refractivity contribution is 5.87. The Labute approximate surface area is 244 Å². The number of pyridine rings is 1. The van der Waals surface area contributed by atoms with Crippen LogP contribution in [-0.4, -0.2) is 0 Å². The molecule has 1 aliphatic carbocycles. The average Bonchev–Trinajstić information content (AvgIpc) is 2.99. The smallest absolute Gasteiger partial charge is 0.218 e. The molecule has 2 heteroatoms. The van der Waals surface area contributed by atoms with Crippen molar-refractivity contribution in [2.75, 3.05) is 5.32 Å². The van der Waals surface area contributed by atoms with Gasteiger partial charge in [0.15, 0.2) is 0 Å². The van der Waals surface area contributed by atoms with Crippen LogP contribution in [0.25, 0.3) is 16.3 Å². The van der Waals surface area contributed by atoms with E-state index in [1.165, 1.54) is 49.9 Å². The van der Waals surface area contributed by atoms with Crippen LogP contribution in [0, 0.1) is 6.72 Å². The molecule has 0 amide bonds. The summed E-state index contributed by atoms with van der Waals surface area (Å²) in [6, 6.07) is 37.3. The van der Waals surface area contributed by atoms with Gasteiger partial charge in [0.1, 0.15) is 12.8 Å². The maximum atomic E-state index is 4.67. The monoisotopic (exact) mass is 535 g/mol. The predicted octanol–water partition coefficient (Wildman–Crippen LogP) is 8.53. The Morgan fingerprint density at radius 2 is 1.32 bits per heavy atom. The molecule has 1 atom stereocenters. The highest BCUT2D eigenvalue weighted by Crippen LogP contribution is 2.37. The average molecular weight is 536 g/mol. The molecular weight excluding hydrogens is 496 g/mol. The van der Waals surface area contributed by atoms with Gasteiger partial charge in [-0.2, -0.15) is 4.24 Å². The first-order valence-corrected chi connectivity index (χ1v) is 14.8. The van der Waals surface area contributed by atoms with Crippen molar-refractivity contribution in [2.45, 2.75) is 52.0 Å². The van der Waals surface area contributed by atoms with E-state index in [4.69, 9.17) is 0 Å². The van der Waals surface area contributed by atoms with Crippen molar-refractivity contribution >= 4 is 22.0 Å². The van der Waals surface area contributed by atoms with E-state index in [-0.39, 0.29) is 6.04 Å². The quantitative estimate of drug-likeness (QED) is 0.216. The molecule has 6 rings (SSSR count). The van der Waals surface area contributed by atoms with Crippen LogP contribution in [-0.2, 0) is 6.42 Å². The van der Waals surface area contributed by atoms with Crippen LogP contribution in [0.4, 0.5) is 5.69 Å². The maximum absolute atomic E-state index is 4.67. The van der Waals surface area contributed by atoms with Crippen LogP contribution in [0.1, 0.15) is 79.1 Å². The van der Waals surface area contributed by atoms with Gasteiger partial charge < -0.3 is 5.32 Å². The van der Waals surface area contributed by atoms with Gasteiger partial charge in [0.05, 0.1) is 5.57 Å². The number of rotatable bonds is 6. The number of hydrogen-bond donors (Lipinski definition) is 1. The van der Waals surface area contributed by atoms with E-state index < -0.39 is 0 Å². The lowest BCUT2D eigenvalue weighted by atomic mass is 9.90. The number of nitrogens with one attached hydrogen (secondary N) is 1. The molecule has 0 saturated carbocycles. The number of anilines is 1. The lowest BCUT2D eigenvalue weighted by Crippen LogP contribution is -2.43. The summed E-state index contributed by atoms with van der Waals surface area (Å²) in [5.41, 5.74) is 10.1. The van der Waals surface area contributed by atoms with E-state index in [2.05, 4.69) is 159 Å². The molecule has 0 saturated heterocycles. The highest BCUT2D eigenvalue weighted by atomic mass is 15.0. The Bertz CT molecular complexity index is 1840. The summed E-state index contributed by atoms with van der Waals surface area (Å²) >= 11 is 0. The minimum atomic E-state index is -0.112. The van der Waals surface area contributed by atoms with Crippen LogP contribution in [0.3, 0.4) is 0 Å². The zero-order valence-electron chi connectivity index (χ0n) is 24.6. The van der Waals surface area contributed by atoms with Crippen molar-refractivity contribution in [3.8, 4) is 0 Å². The summed E-state index contributed by atoms with van der Waals surface area (Å²) < 4.78 is 2.15. The molecule has 1 unspecified atom stereocenters. The summed E-state index contributed by atoms with van der Waals surface area (Å²) in [5.74, 6) is 0.782. The van der Waals surface area contributed by atoms with Crippen molar-refractivity contribution in [1.82, 2.24) is 0 Å². The first kappa shape index (κ1) is 26.8. The van der Waals surface area contributed by atoms with Crippen molar-refractivity contribution in [1.29, 1.82) is 0 Å². The van der Waals surface area contributed by atoms with Crippen LogP contribution < -0.4 is 14.9 Å². The summed E-state index contributed by atoms with van der Waals surface area (Å²) in [6.45, 7) is 13.8.